The maximum atomic E-state index is 9.08. The summed E-state index contributed by atoms with van der Waals surface area (Å²) in [6.07, 6.45) is 5.94. The first-order chi connectivity index (χ1) is 5.86. The van der Waals surface area contributed by atoms with Crippen molar-refractivity contribution in [3.05, 3.63) is 30.9 Å². The molecule has 0 radical (unpaired) electrons. The van der Waals surface area contributed by atoms with Crippen LogP contribution in [0.3, 0.4) is 0 Å². The van der Waals surface area contributed by atoms with E-state index in [9.17, 15) is 0 Å². The van der Waals surface area contributed by atoms with Gasteiger partial charge in [-0.05, 0) is 6.07 Å². The molecule has 0 aliphatic heterocycles. The molecular formula is C8H8Cl2N2O2. The van der Waals surface area contributed by atoms with Crippen molar-refractivity contribution < 1.29 is 9.52 Å². The van der Waals surface area contributed by atoms with Gasteiger partial charge in [-0.15, -0.1) is 24.8 Å². The predicted octanol–water partition coefficient (Wildman–Crippen LogP) is 2.29. The molecule has 4 nitrogen and oxygen atoms in total. The zero-order valence-corrected chi connectivity index (χ0v) is 8.59. The van der Waals surface area contributed by atoms with Gasteiger partial charge in [0.2, 0.25) is 5.89 Å². The lowest BCUT2D eigenvalue weighted by Gasteiger charge is -1.94. The Balaban J connectivity index is 0.000000845. The Labute approximate surface area is 92.8 Å². The second-order valence-corrected chi connectivity index (χ2v) is 2.27. The maximum Gasteiger partial charge on any atom is 0.227 e. The van der Waals surface area contributed by atoms with E-state index in [1.165, 1.54) is 12.5 Å². The summed E-state index contributed by atoms with van der Waals surface area (Å²) in [5.74, 6) is 0.559. The van der Waals surface area contributed by atoms with Gasteiger partial charge < -0.3 is 9.52 Å². The van der Waals surface area contributed by atoms with Gasteiger partial charge in [0.05, 0.1) is 18.0 Å². The van der Waals surface area contributed by atoms with Gasteiger partial charge in [0.1, 0.15) is 12.0 Å². The molecule has 0 spiro atoms. The van der Waals surface area contributed by atoms with Crippen LogP contribution < -0.4 is 0 Å². The zero-order valence-electron chi connectivity index (χ0n) is 6.95. The lowest BCUT2D eigenvalue weighted by atomic mass is 10.3. The molecule has 2 heterocycles. The first-order valence-corrected chi connectivity index (χ1v) is 3.40. The average Bonchev–Trinajstić information content (AvgIpc) is 2.56. The van der Waals surface area contributed by atoms with Gasteiger partial charge >= 0.3 is 0 Å². The maximum absolute atomic E-state index is 9.08. The monoisotopic (exact) mass is 234 g/mol. The molecule has 14 heavy (non-hydrogen) atoms. The van der Waals surface area contributed by atoms with Crippen LogP contribution in [-0.2, 0) is 0 Å². The van der Waals surface area contributed by atoms with Crippen LogP contribution in [-0.4, -0.2) is 15.1 Å². The van der Waals surface area contributed by atoms with Gasteiger partial charge in [-0.3, -0.25) is 4.98 Å². The van der Waals surface area contributed by atoms with Crippen molar-refractivity contribution in [2.24, 2.45) is 0 Å². The Hall–Kier alpha value is -1.26. The topological polar surface area (TPSA) is 59.2 Å². The number of hydrogen-bond acceptors (Lipinski definition) is 4. The number of halogens is 2. The predicted molar refractivity (Wildman–Crippen MR) is 55.9 cm³/mol. The van der Waals surface area contributed by atoms with Crippen molar-refractivity contribution in [3.63, 3.8) is 0 Å². The fourth-order valence-electron chi connectivity index (χ4n) is 0.911. The highest BCUT2D eigenvalue weighted by atomic mass is 35.5. The molecule has 0 unspecified atom stereocenters. The van der Waals surface area contributed by atoms with E-state index in [0.29, 0.717) is 11.5 Å². The molecule has 0 saturated carbocycles. The van der Waals surface area contributed by atoms with Crippen LogP contribution in [0.2, 0.25) is 0 Å². The minimum absolute atomic E-state index is 0. The number of hydrogen-bond donors (Lipinski definition) is 1. The molecule has 0 bridgehead atoms. The van der Waals surface area contributed by atoms with E-state index in [2.05, 4.69) is 9.97 Å². The summed E-state index contributed by atoms with van der Waals surface area (Å²) < 4.78 is 5.01. The third-order valence-corrected chi connectivity index (χ3v) is 1.40. The smallest absolute Gasteiger partial charge is 0.227 e. The van der Waals surface area contributed by atoms with E-state index in [1.54, 1.807) is 18.5 Å². The average molecular weight is 235 g/mol. The summed E-state index contributed by atoms with van der Waals surface area (Å²) in [4.78, 5) is 7.70. The highest BCUT2D eigenvalue weighted by Gasteiger charge is 2.02. The van der Waals surface area contributed by atoms with Gasteiger partial charge in [0.25, 0.3) is 0 Å². The molecule has 0 amide bonds. The van der Waals surface area contributed by atoms with Crippen LogP contribution in [0.4, 0.5) is 0 Å². The fourth-order valence-corrected chi connectivity index (χ4v) is 0.911. The first kappa shape index (κ1) is 12.7. The number of aromatic nitrogens is 2. The summed E-state index contributed by atoms with van der Waals surface area (Å²) in [7, 11) is 0. The van der Waals surface area contributed by atoms with E-state index < -0.39 is 0 Å². The molecule has 0 aliphatic carbocycles. The van der Waals surface area contributed by atoms with E-state index in [4.69, 9.17) is 9.52 Å². The van der Waals surface area contributed by atoms with Gasteiger partial charge in [0.15, 0.2) is 0 Å². The lowest BCUT2D eigenvalue weighted by Crippen LogP contribution is -1.78. The molecule has 0 aliphatic rings. The largest absolute Gasteiger partial charge is 0.506 e. The van der Waals surface area contributed by atoms with E-state index >= 15 is 0 Å². The van der Waals surface area contributed by atoms with Crippen molar-refractivity contribution in [3.8, 4) is 17.2 Å². The minimum Gasteiger partial charge on any atom is -0.506 e. The Morgan fingerprint density at radius 3 is 2.57 bits per heavy atom. The Morgan fingerprint density at radius 1 is 1.21 bits per heavy atom. The standard InChI is InChI=1S/C8H6N2O2.2ClH/c11-7-3-6(4-9-5-7)8-10-1-2-12-8;;/h1-5,11H;2*1H. The number of pyridine rings is 1. The van der Waals surface area contributed by atoms with Gasteiger partial charge in [-0.25, -0.2) is 4.98 Å². The third-order valence-electron chi connectivity index (χ3n) is 1.40. The quantitative estimate of drug-likeness (QED) is 0.823. The summed E-state index contributed by atoms with van der Waals surface area (Å²) in [6.45, 7) is 0. The summed E-state index contributed by atoms with van der Waals surface area (Å²) in [5, 5.41) is 9.08. The zero-order chi connectivity index (χ0) is 8.39. The highest BCUT2D eigenvalue weighted by molar-refractivity contribution is 5.85. The van der Waals surface area contributed by atoms with Crippen LogP contribution in [0, 0.1) is 0 Å². The second kappa shape index (κ2) is 5.47. The Bertz CT molecular complexity index is 379. The summed E-state index contributed by atoms with van der Waals surface area (Å²) in [6, 6.07) is 1.54. The van der Waals surface area contributed by atoms with Gasteiger partial charge in [-0.2, -0.15) is 0 Å². The van der Waals surface area contributed by atoms with Crippen LogP contribution in [0.1, 0.15) is 0 Å². The molecule has 0 aromatic carbocycles. The molecule has 0 atom stereocenters. The number of aromatic hydroxyl groups is 1. The highest BCUT2D eigenvalue weighted by Crippen LogP contribution is 2.19. The molecule has 0 fully saturated rings. The summed E-state index contributed by atoms with van der Waals surface area (Å²) >= 11 is 0. The van der Waals surface area contributed by atoms with Gasteiger partial charge in [-0.1, -0.05) is 0 Å². The molecular weight excluding hydrogens is 227 g/mol. The van der Waals surface area contributed by atoms with Gasteiger partial charge in [0, 0.05) is 6.20 Å². The fraction of sp³-hybridized carbons (Fsp3) is 0. The first-order valence-electron chi connectivity index (χ1n) is 3.40. The van der Waals surface area contributed by atoms with Crippen molar-refractivity contribution in [2.75, 3.05) is 0 Å². The van der Waals surface area contributed by atoms with E-state index in [1.807, 2.05) is 0 Å². The molecule has 76 valence electrons. The number of oxazole rings is 1. The van der Waals surface area contributed by atoms with Crippen LogP contribution in [0.5, 0.6) is 5.75 Å². The van der Waals surface area contributed by atoms with E-state index in [-0.39, 0.29) is 30.6 Å². The lowest BCUT2D eigenvalue weighted by molar-refractivity contribution is 0.472. The molecule has 6 heteroatoms. The van der Waals surface area contributed by atoms with Crippen LogP contribution in [0.25, 0.3) is 11.5 Å². The molecule has 0 saturated heterocycles. The van der Waals surface area contributed by atoms with Crippen LogP contribution >= 0.6 is 24.8 Å². The third kappa shape index (κ3) is 2.61. The number of nitrogens with zero attached hydrogens (tertiary/aromatic N) is 2. The van der Waals surface area contributed by atoms with Crippen molar-refractivity contribution in [2.45, 2.75) is 0 Å². The Morgan fingerprint density at radius 2 is 2.00 bits per heavy atom. The molecule has 2 aromatic rings. The van der Waals surface area contributed by atoms with Crippen molar-refractivity contribution >= 4 is 24.8 Å². The molecule has 2 aromatic heterocycles. The van der Waals surface area contributed by atoms with Crippen molar-refractivity contribution in [1.29, 1.82) is 0 Å². The SMILES string of the molecule is Cl.Cl.Oc1cncc(-c2ncco2)c1. The minimum atomic E-state index is 0. The Kier molecular flexibility index (Phi) is 4.97. The molecule has 1 N–H and O–H groups in total. The van der Waals surface area contributed by atoms with Crippen molar-refractivity contribution in [1.82, 2.24) is 9.97 Å². The summed E-state index contributed by atoms with van der Waals surface area (Å²) in [5.41, 5.74) is 0.667. The normalized spacial score (nSPS) is 8.57. The molecule has 2 rings (SSSR count). The van der Waals surface area contributed by atoms with E-state index in [0.717, 1.165) is 0 Å². The number of rotatable bonds is 1. The second-order valence-electron chi connectivity index (χ2n) is 2.27. The van der Waals surface area contributed by atoms with Crippen LogP contribution in [0.15, 0.2) is 35.3 Å².